The molecule has 0 aliphatic heterocycles. The van der Waals surface area contributed by atoms with Gasteiger partial charge in [0.15, 0.2) is 5.76 Å². The zero-order valence-corrected chi connectivity index (χ0v) is 14.4. The number of furan rings is 1. The first kappa shape index (κ1) is 18.6. The van der Waals surface area contributed by atoms with Crippen LogP contribution in [0, 0.1) is 17.2 Å². The second-order valence-electron chi connectivity index (χ2n) is 5.87. The van der Waals surface area contributed by atoms with Crippen molar-refractivity contribution in [3.63, 3.8) is 0 Å². The molecule has 0 bridgehead atoms. The van der Waals surface area contributed by atoms with Crippen LogP contribution in [-0.2, 0) is 6.61 Å². The van der Waals surface area contributed by atoms with Crippen LogP contribution in [0.2, 0.25) is 0 Å². The number of carbonyl (C=O) groups excluding carboxylic acids is 1. The van der Waals surface area contributed by atoms with E-state index in [1.54, 1.807) is 30.3 Å². The van der Waals surface area contributed by atoms with E-state index in [-0.39, 0.29) is 24.8 Å². The summed E-state index contributed by atoms with van der Waals surface area (Å²) in [4.78, 5) is 12.2. The Bertz CT molecular complexity index is 748. The SMILES string of the molecule is CCC(C)C(O)CNC(=O)c1occc1COc1cccc(C#N)c1. The standard InChI is InChI=1S/C19H22N2O4/c1-3-13(2)17(22)11-21-19(23)18-15(7-8-24-18)12-25-16-6-4-5-14(9-16)10-20/h4-9,13,17,22H,3,11-12H2,1-2H3,(H,21,23). The normalized spacial score (nSPS) is 12.9. The molecule has 25 heavy (non-hydrogen) atoms. The topological polar surface area (TPSA) is 95.5 Å². The number of rotatable bonds is 8. The van der Waals surface area contributed by atoms with Crippen LogP contribution in [0.1, 0.15) is 41.9 Å². The predicted molar refractivity (Wildman–Crippen MR) is 92.0 cm³/mol. The number of aliphatic hydroxyl groups excluding tert-OH is 1. The summed E-state index contributed by atoms with van der Waals surface area (Å²) in [5.74, 6) is 0.412. The average molecular weight is 342 g/mol. The molecule has 132 valence electrons. The second-order valence-corrected chi connectivity index (χ2v) is 5.87. The lowest BCUT2D eigenvalue weighted by molar-refractivity contribution is 0.0824. The van der Waals surface area contributed by atoms with Gasteiger partial charge in [-0.3, -0.25) is 4.79 Å². The highest BCUT2D eigenvalue weighted by Crippen LogP contribution is 2.17. The molecule has 6 nitrogen and oxygen atoms in total. The molecule has 0 aliphatic rings. The van der Waals surface area contributed by atoms with E-state index in [2.05, 4.69) is 5.32 Å². The molecule has 2 unspecified atom stereocenters. The molecule has 0 radical (unpaired) electrons. The average Bonchev–Trinajstić information content (AvgIpc) is 3.12. The molecule has 0 saturated heterocycles. The van der Waals surface area contributed by atoms with Crippen molar-refractivity contribution in [2.24, 2.45) is 5.92 Å². The van der Waals surface area contributed by atoms with Gasteiger partial charge in [-0.2, -0.15) is 5.26 Å². The summed E-state index contributed by atoms with van der Waals surface area (Å²) < 4.78 is 10.9. The van der Waals surface area contributed by atoms with Gasteiger partial charge in [0.2, 0.25) is 0 Å². The first-order valence-corrected chi connectivity index (χ1v) is 8.20. The fourth-order valence-corrected chi connectivity index (χ4v) is 2.22. The molecule has 2 atom stereocenters. The van der Waals surface area contributed by atoms with Gasteiger partial charge in [-0.05, 0) is 30.2 Å². The van der Waals surface area contributed by atoms with E-state index in [1.807, 2.05) is 19.9 Å². The fourth-order valence-electron chi connectivity index (χ4n) is 2.22. The molecule has 1 heterocycles. The number of ether oxygens (including phenoxy) is 1. The van der Waals surface area contributed by atoms with Gasteiger partial charge in [0.1, 0.15) is 12.4 Å². The molecular formula is C19H22N2O4. The lowest BCUT2D eigenvalue weighted by atomic mass is 10.0. The van der Waals surface area contributed by atoms with Crippen LogP contribution in [0.5, 0.6) is 5.75 Å². The third-order valence-electron chi connectivity index (χ3n) is 4.08. The largest absolute Gasteiger partial charge is 0.489 e. The summed E-state index contributed by atoms with van der Waals surface area (Å²) in [7, 11) is 0. The monoisotopic (exact) mass is 342 g/mol. The molecule has 0 saturated carbocycles. The highest BCUT2D eigenvalue weighted by atomic mass is 16.5. The molecule has 2 N–H and O–H groups in total. The summed E-state index contributed by atoms with van der Waals surface area (Å²) >= 11 is 0. The highest BCUT2D eigenvalue weighted by molar-refractivity contribution is 5.92. The number of nitrogens with one attached hydrogen (secondary N) is 1. The van der Waals surface area contributed by atoms with Gasteiger partial charge in [-0.15, -0.1) is 0 Å². The first-order chi connectivity index (χ1) is 12.0. The van der Waals surface area contributed by atoms with E-state index in [1.165, 1.54) is 6.26 Å². The molecule has 0 spiro atoms. The minimum atomic E-state index is -0.600. The van der Waals surface area contributed by atoms with Gasteiger partial charge < -0.3 is 19.6 Å². The van der Waals surface area contributed by atoms with Gasteiger partial charge in [0.25, 0.3) is 5.91 Å². The van der Waals surface area contributed by atoms with Gasteiger partial charge in [-0.1, -0.05) is 26.3 Å². The lowest BCUT2D eigenvalue weighted by Gasteiger charge is -2.17. The number of amides is 1. The van der Waals surface area contributed by atoms with Crippen molar-refractivity contribution in [3.8, 4) is 11.8 Å². The Morgan fingerprint density at radius 3 is 2.96 bits per heavy atom. The Labute approximate surface area is 147 Å². The van der Waals surface area contributed by atoms with Gasteiger partial charge in [-0.25, -0.2) is 0 Å². The summed E-state index contributed by atoms with van der Waals surface area (Å²) in [5.41, 5.74) is 1.10. The quantitative estimate of drug-likeness (QED) is 0.769. The molecule has 2 rings (SSSR count). The summed E-state index contributed by atoms with van der Waals surface area (Å²) in [6.45, 7) is 4.22. The number of hydrogen-bond donors (Lipinski definition) is 2. The molecule has 6 heteroatoms. The third kappa shape index (κ3) is 5.10. The first-order valence-electron chi connectivity index (χ1n) is 8.20. The van der Waals surface area contributed by atoms with Gasteiger partial charge in [0, 0.05) is 12.1 Å². The Balaban J connectivity index is 1.95. The second kappa shape index (κ2) is 8.90. The van der Waals surface area contributed by atoms with Crippen LogP contribution in [-0.4, -0.2) is 23.7 Å². The van der Waals surface area contributed by atoms with E-state index < -0.39 is 12.0 Å². The maximum atomic E-state index is 12.2. The Hall–Kier alpha value is -2.78. The molecule has 1 aromatic heterocycles. The van der Waals surface area contributed by atoms with Crippen LogP contribution >= 0.6 is 0 Å². The van der Waals surface area contributed by atoms with Crippen LogP contribution in [0.25, 0.3) is 0 Å². The maximum Gasteiger partial charge on any atom is 0.287 e. The summed E-state index contributed by atoms with van der Waals surface area (Å²) in [5, 5.41) is 21.5. The molecule has 1 amide bonds. The molecule has 0 fully saturated rings. The molecule has 0 aliphatic carbocycles. The number of carbonyl (C=O) groups is 1. The smallest absolute Gasteiger partial charge is 0.287 e. The molecular weight excluding hydrogens is 320 g/mol. The van der Waals surface area contributed by atoms with Crippen molar-refractivity contribution in [2.45, 2.75) is 33.0 Å². The van der Waals surface area contributed by atoms with E-state index in [4.69, 9.17) is 14.4 Å². The summed E-state index contributed by atoms with van der Waals surface area (Å²) in [6, 6.07) is 10.5. The zero-order chi connectivity index (χ0) is 18.2. The lowest BCUT2D eigenvalue weighted by Crippen LogP contribution is -2.35. The fraction of sp³-hybridized carbons (Fsp3) is 0.368. The third-order valence-corrected chi connectivity index (χ3v) is 4.08. The number of aliphatic hydroxyl groups is 1. The van der Waals surface area contributed by atoms with Crippen molar-refractivity contribution in [1.29, 1.82) is 5.26 Å². The number of hydrogen-bond acceptors (Lipinski definition) is 5. The maximum absolute atomic E-state index is 12.2. The van der Waals surface area contributed by atoms with E-state index in [0.717, 1.165) is 6.42 Å². The van der Waals surface area contributed by atoms with Crippen LogP contribution in [0.15, 0.2) is 41.0 Å². The minimum absolute atomic E-state index is 0.104. The number of nitriles is 1. The van der Waals surface area contributed by atoms with Crippen molar-refractivity contribution in [2.75, 3.05) is 6.54 Å². The van der Waals surface area contributed by atoms with Crippen molar-refractivity contribution < 1.29 is 19.1 Å². The van der Waals surface area contributed by atoms with Crippen molar-refractivity contribution in [3.05, 3.63) is 53.5 Å². The minimum Gasteiger partial charge on any atom is -0.489 e. The molecule has 2 aromatic rings. The molecule has 1 aromatic carbocycles. The summed E-state index contributed by atoms with van der Waals surface area (Å²) in [6.07, 6.45) is 1.65. The van der Waals surface area contributed by atoms with E-state index in [9.17, 15) is 9.90 Å². The Kier molecular flexibility index (Phi) is 6.61. The van der Waals surface area contributed by atoms with Crippen LogP contribution in [0.4, 0.5) is 0 Å². The van der Waals surface area contributed by atoms with Crippen molar-refractivity contribution in [1.82, 2.24) is 5.32 Å². The predicted octanol–water partition coefficient (Wildman–Crippen LogP) is 2.87. The van der Waals surface area contributed by atoms with Gasteiger partial charge >= 0.3 is 0 Å². The van der Waals surface area contributed by atoms with Crippen LogP contribution < -0.4 is 10.1 Å². The van der Waals surface area contributed by atoms with E-state index in [0.29, 0.717) is 16.9 Å². The Morgan fingerprint density at radius 2 is 2.24 bits per heavy atom. The number of benzene rings is 1. The van der Waals surface area contributed by atoms with E-state index >= 15 is 0 Å². The Morgan fingerprint density at radius 1 is 1.44 bits per heavy atom. The number of nitrogens with zero attached hydrogens (tertiary/aromatic N) is 1. The van der Waals surface area contributed by atoms with Gasteiger partial charge in [0.05, 0.1) is 24.0 Å². The zero-order valence-electron chi connectivity index (χ0n) is 14.4. The van der Waals surface area contributed by atoms with Crippen LogP contribution in [0.3, 0.4) is 0 Å². The van der Waals surface area contributed by atoms with Crippen molar-refractivity contribution >= 4 is 5.91 Å². The highest BCUT2D eigenvalue weighted by Gasteiger charge is 2.18.